The van der Waals surface area contributed by atoms with Gasteiger partial charge in [-0.15, -0.1) is 11.3 Å². The van der Waals surface area contributed by atoms with Crippen LogP contribution in [0.25, 0.3) is 0 Å². The predicted octanol–water partition coefficient (Wildman–Crippen LogP) is 1.31. The third-order valence-corrected chi connectivity index (χ3v) is 4.66. The van der Waals surface area contributed by atoms with Crippen LogP contribution >= 0.6 is 11.3 Å². The van der Waals surface area contributed by atoms with Crippen LogP contribution in [0.3, 0.4) is 0 Å². The van der Waals surface area contributed by atoms with Gasteiger partial charge in [-0.2, -0.15) is 4.72 Å². The average molecular weight is 286 g/mol. The molecule has 0 fully saturated rings. The molecule has 0 aliphatic carbocycles. The lowest BCUT2D eigenvalue weighted by atomic mass is 10.3. The number of nitrogens with one attached hydrogen (secondary N) is 1. The van der Waals surface area contributed by atoms with E-state index in [4.69, 9.17) is 0 Å². The van der Waals surface area contributed by atoms with E-state index in [0.717, 1.165) is 5.01 Å². The lowest BCUT2D eigenvalue weighted by Crippen LogP contribution is -2.28. The van der Waals surface area contributed by atoms with E-state index in [0.29, 0.717) is 6.42 Å². The first kappa shape index (κ1) is 13.2. The van der Waals surface area contributed by atoms with Crippen LogP contribution in [0.4, 0.5) is 0 Å². The van der Waals surface area contributed by atoms with Crippen molar-refractivity contribution >= 4 is 21.4 Å². The Kier molecular flexibility index (Phi) is 3.79. The van der Waals surface area contributed by atoms with Crippen LogP contribution in [0.1, 0.15) is 24.4 Å². The number of imidazole rings is 1. The van der Waals surface area contributed by atoms with Crippen LogP contribution in [-0.4, -0.2) is 23.0 Å². The predicted molar refractivity (Wildman–Crippen MR) is 68.7 cm³/mol. The van der Waals surface area contributed by atoms with Crippen molar-refractivity contribution in [1.82, 2.24) is 19.3 Å². The van der Waals surface area contributed by atoms with Crippen LogP contribution in [0.5, 0.6) is 0 Å². The van der Waals surface area contributed by atoms with E-state index >= 15 is 0 Å². The highest BCUT2D eigenvalue weighted by atomic mass is 32.2. The number of rotatable bonds is 5. The Morgan fingerprint density at radius 3 is 2.78 bits per heavy atom. The van der Waals surface area contributed by atoms with Crippen molar-refractivity contribution in [1.29, 1.82) is 0 Å². The molecule has 0 aromatic carbocycles. The molecule has 18 heavy (non-hydrogen) atoms. The molecular weight excluding hydrogens is 272 g/mol. The molecule has 8 heteroatoms. The Morgan fingerprint density at radius 2 is 2.28 bits per heavy atom. The highest BCUT2D eigenvalue weighted by Crippen LogP contribution is 2.21. The molecule has 0 saturated heterocycles. The minimum absolute atomic E-state index is 0.0278. The van der Waals surface area contributed by atoms with Gasteiger partial charge in [0.05, 0.1) is 12.4 Å². The zero-order chi connectivity index (χ0) is 13.2. The fourth-order valence-corrected chi connectivity index (χ4v) is 3.60. The monoisotopic (exact) mass is 286 g/mol. The first-order valence-corrected chi connectivity index (χ1v) is 7.79. The molecule has 98 valence electrons. The first-order chi connectivity index (χ1) is 8.53. The fourth-order valence-electron chi connectivity index (χ4n) is 1.49. The maximum Gasteiger partial charge on any atom is 0.260 e. The van der Waals surface area contributed by atoms with E-state index < -0.39 is 10.0 Å². The maximum absolute atomic E-state index is 12.1. The van der Waals surface area contributed by atoms with Crippen LogP contribution in [-0.2, 0) is 17.1 Å². The standard InChI is InChI=1S/C10H14N4O2S2/c1-3-8(10-11-4-5-17-10)13-18(15,16)9-6-14(2)7-12-9/h4-8,13H,3H2,1-2H3/t8-/m1/s1. The Morgan fingerprint density at radius 1 is 1.50 bits per heavy atom. The van der Waals surface area contributed by atoms with Gasteiger partial charge in [0.25, 0.3) is 10.0 Å². The molecule has 0 aliphatic heterocycles. The van der Waals surface area contributed by atoms with Gasteiger partial charge in [-0.3, -0.25) is 0 Å². The van der Waals surface area contributed by atoms with E-state index in [2.05, 4.69) is 14.7 Å². The maximum atomic E-state index is 12.1. The van der Waals surface area contributed by atoms with Crippen LogP contribution < -0.4 is 4.72 Å². The largest absolute Gasteiger partial charge is 0.339 e. The molecule has 0 spiro atoms. The SMILES string of the molecule is CC[C@@H](NS(=O)(=O)c1cn(C)cn1)c1nccs1. The summed E-state index contributed by atoms with van der Waals surface area (Å²) in [4.78, 5) is 7.99. The summed E-state index contributed by atoms with van der Waals surface area (Å²) in [5.41, 5.74) is 0. The zero-order valence-electron chi connectivity index (χ0n) is 10.1. The molecule has 0 aliphatic rings. The van der Waals surface area contributed by atoms with Crippen molar-refractivity contribution < 1.29 is 8.42 Å². The third kappa shape index (κ3) is 2.77. The molecule has 0 unspecified atom stereocenters. The second-order valence-electron chi connectivity index (χ2n) is 3.83. The smallest absolute Gasteiger partial charge is 0.260 e. The number of sulfonamides is 1. The Hall–Kier alpha value is -1.25. The van der Waals surface area contributed by atoms with Gasteiger partial charge in [-0.05, 0) is 6.42 Å². The molecule has 2 aromatic heterocycles. The Labute approximate surface area is 110 Å². The molecule has 2 aromatic rings. The third-order valence-electron chi connectivity index (χ3n) is 2.41. The second kappa shape index (κ2) is 5.17. The van der Waals surface area contributed by atoms with Crippen molar-refractivity contribution in [2.24, 2.45) is 7.05 Å². The van der Waals surface area contributed by atoms with E-state index in [9.17, 15) is 8.42 Å². The van der Waals surface area contributed by atoms with Crippen molar-refractivity contribution in [2.45, 2.75) is 24.4 Å². The minimum Gasteiger partial charge on any atom is -0.339 e. The normalized spacial score (nSPS) is 13.7. The molecule has 6 nitrogen and oxygen atoms in total. The van der Waals surface area contributed by atoms with Gasteiger partial charge in [0.15, 0.2) is 5.03 Å². The highest BCUT2D eigenvalue weighted by molar-refractivity contribution is 7.89. The average Bonchev–Trinajstić information content (AvgIpc) is 2.96. The van der Waals surface area contributed by atoms with Crippen LogP contribution in [0.15, 0.2) is 29.1 Å². The quantitative estimate of drug-likeness (QED) is 0.899. The van der Waals surface area contributed by atoms with Crippen molar-refractivity contribution in [3.05, 3.63) is 29.1 Å². The fraction of sp³-hybridized carbons (Fsp3) is 0.400. The number of hydrogen-bond donors (Lipinski definition) is 1. The van der Waals surface area contributed by atoms with Crippen LogP contribution in [0, 0.1) is 0 Å². The van der Waals surface area contributed by atoms with E-state index in [1.807, 2.05) is 12.3 Å². The van der Waals surface area contributed by atoms with Gasteiger partial charge in [0.1, 0.15) is 5.01 Å². The lowest BCUT2D eigenvalue weighted by molar-refractivity contribution is 0.546. The Balaban J connectivity index is 2.22. The summed E-state index contributed by atoms with van der Waals surface area (Å²) >= 11 is 1.43. The molecule has 0 saturated carbocycles. The molecule has 1 N–H and O–H groups in total. The molecular formula is C10H14N4O2S2. The molecule has 2 rings (SSSR count). The summed E-state index contributed by atoms with van der Waals surface area (Å²) in [6.07, 6.45) is 5.23. The summed E-state index contributed by atoms with van der Waals surface area (Å²) < 4.78 is 28.4. The Bertz CT molecular complexity index is 604. The number of hydrogen-bond acceptors (Lipinski definition) is 5. The molecule has 1 atom stereocenters. The number of thiazole rings is 1. The van der Waals surface area contributed by atoms with Gasteiger partial charge < -0.3 is 4.57 Å². The van der Waals surface area contributed by atoms with Crippen molar-refractivity contribution in [3.8, 4) is 0 Å². The summed E-state index contributed by atoms with van der Waals surface area (Å²) in [6.45, 7) is 1.91. The van der Waals surface area contributed by atoms with Crippen LogP contribution in [0.2, 0.25) is 0 Å². The summed E-state index contributed by atoms with van der Waals surface area (Å²) in [5, 5.41) is 2.62. The van der Waals surface area contributed by atoms with E-state index in [1.165, 1.54) is 23.9 Å². The van der Waals surface area contributed by atoms with E-state index in [1.54, 1.807) is 17.8 Å². The first-order valence-electron chi connectivity index (χ1n) is 5.42. The number of aromatic nitrogens is 3. The highest BCUT2D eigenvalue weighted by Gasteiger charge is 2.23. The zero-order valence-corrected chi connectivity index (χ0v) is 11.7. The van der Waals surface area contributed by atoms with Gasteiger partial charge in [-0.1, -0.05) is 6.92 Å². The summed E-state index contributed by atoms with van der Waals surface area (Å²) in [5.74, 6) is 0. The molecule has 2 heterocycles. The van der Waals surface area contributed by atoms with E-state index in [-0.39, 0.29) is 11.1 Å². The van der Waals surface area contributed by atoms with Gasteiger partial charge in [-0.25, -0.2) is 18.4 Å². The number of aryl methyl sites for hydroxylation is 1. The van der Waals surface area contributed by atoms with Gasteiger partial charge in [0.2, 0.25) is 0 Å². The summed E-state index contributed by atoms with van der Waals surface area (Å²) in [7, 11) is -1.87. The summed E-state index contributed by atoms with van der Waals surface area (Å²) in [6, 6.07) is -0.308. The van der Waals surface area contributed by atoms with Gasteiger partial charge in [0, 0.05) is 24.8 Å². The minimum atomic E-state index is -3.59. The van der Waals surface area contributed by atoms with Crippen molar-refractivity contribution in [3.63, 3.8) is 0 Å². The topological polar surface area (TPSA) is 76.9 Å². The lowest BCUT2D eigenvalue weighted by Gasteiger charge is -2.13. The molecule has 0 radical (unpaired) electrons. The van der Waals surface area contributed by atoms with Crippen molar-refractivity contribution in [2.75, 3.05) is 0 Å². The number of nitrogens with zero attached hydrogens (tertiary/aromatic N) is 3. The molecule has 0 bridgehead atoms. The molecule has 0 amide bonds. The second-order valence-corrected chi connectivity index (χ2v) is 6.42. The van der Waals surface area contributed by atoms with Gasteiger partial charge >= 0.3 is 0 Å².